The van der Waals surface area contributed by atoms with E-state index in [0.717, 1.165) is 12.0 Å². The molecule has 1 fully saturated rings. The van der Waals surface area contributed by atoms with Crippen molar-refractivity contribution < 1.29 is 9.90 Å². The maximum Gasteiger partial charge on any atom is 0.222 e. The molecule has 1 heterocycles. The minimum absolute atomic E-state index is 0.0298. The number of hydrogen-bond donors (Lipinski definition) is 1. The van der Waals surface area contributed by atoms with Gasteiger partial charge in [0.05, 0.1) is 12.6 Å². The molecule has 18 heavy (non-hydrogen) atoms. The van der Waals surface area contributed by atoms with E-state index in [1.807, 2.05) is 12.1 Å². The zero-order chi connectivity index (χ0) is 13.1. The van der Waals surface area contributed by atoms with Gasteiger partial charge >= 0.3 is 0 Å². The van der Waals surface area contributed by atoms with E-state index in [2.05, 4.69) is 0 Å². The second kappa shape index (κ2) is 5.91. The first-order chi connectivity index (χ1) is 8.60. The molecule has 1 aliphatic heterocycles. The zero-order valence-corrected chi connectivity index (χ0v) is 11.4. The van der Waals surface area contributed by atoms with Crippen LogP contribution in [0.5, 0.6) is 0 Å². The van der Waals surface area contributed by atoms with Gasteiger partial charge in [0, 0.05) is 23.0 Å². The standard InChI is InChI=1S/C13H15Cl2NO2/c14-10-5-9(6-11(15)7-10)3-4-16-12(8-17)1-2-13(16)18/h5-7,12,17H,1-4,8H2. The highest BCUT2D eigenvalue weighted by Gasteiger charge is 2.29. The summed E-state index contributed by atoms with van der Waals surface area (Å²) in [5, 5.41) is 10.4. The van der Waals surface area contributed by atoms with Crippen molar-refractivity contribution >= 4 is 29.1 Å². The summed E-state index contributed by atoms with van der Waals surface area (Å²) < 4.78 is 0. The number of carbonyl (C=O) groups is 1. The Bertz CT molecular complexity index is 430. The highest BCUT2D eigenvalue weighted by atomic mass is 35.5. The summed E-state index contributed by atoms with van der Waals surface area (Å²) in [6.07, 6.45) is 1.97. The number of amides is 1. The van der Waals surface area contributed by atoms with Crippen LogP contribution < -0.4 is 0 Å². The van der Waals surface area contributed by atoms with E-state index < -0.39 is 0 Å². The number of aliphatic hydroxyl groups excluding tert-OH is 1. The maximum atomic E-state index is 11.7. The number of halogens is 2. The highest BCUT2D eigenvalue weighted by Crippen LogP contribution is 2.22. The smallest absolute Gasteiger partial charge is 0.222 e. The Kier molecular flexibility index (Phi) is 4.49. The van der Waals surface area contributed by atoms with Crippen LogP contribution in [0.2, 0.25) is 10.0 Å². The van der Waals surface area contributed by atoms with Crippen LogP contribution in [0, 0.1) is 0 Å². The molecule has 0 spiro atoms. The van der Waals surface area contributed by atoms with Crippen LogP contribution in [0.4, 0.5) is 0 Å². The molecule has 1 N–H and O–H groups in total. The van der Waals surface area contributed by atoms with Crippen LogP contribution in [0.25, 0.3) is 0 Å². The summed E-state index contributed by atoms with van der Waals surface area (Å²) in [6.45, 7) is 0.628. The van der Waals surface area contributed by atoms with E-state index in [0.29, 0.717) is 29.4 Å². The van der Waals surface area contributed by atoms with E-state index in [9.17, 15) is 9.90 Å². The quantitative estimate of drug-likeness (QED) is 0.925. The van der Waals surface area contributed by atoms with Crippen LogP contribution in [-0.2, 0) is 11.2 Å². The normalized spacial score (nSPS) is 19.6. The molecule has 98 valence electrons. The molecule has 1 unspecified atom stereocenters. The maximum absolute atomic E-state index is 11.7. The molecule has 1 saturated heterocycles. The van der Waals surface area contributed by atoms with Gasteiger partial charge in [0.15, 0.2) is 0 Å². The average molecular weight is 288 g/mol. The predicted molar refractivity (Wildman–Crippen MR) is 72.0 cm³/mol. The zero-order valence-electron chi connectivity index (χ0n) is 9.90. The summed E-state index contributed by atoms with van der Waals surface area (Å²) in [6, 6.07) is 5.35. The first-order valence-electron chi connectivity index (χ1n) is 5.95. The summed E-state index contributed by atoms with van der Waals surface area (Å²) in [5.74, 6) is 0.113. The van der Waals surface area contributed by atoms with Gasteiger partial charge in [-0.15, -0.1) is 0 Å². The second-order valence-electron chi connectivity index (χ2n) is 4.49. The van der Waals surface area contributed by atoms with Crippen molar-refractivity contribution in [1.82, 2.24) is 4.90 Å². The third-order valence-electron chi connectivity index (χ3n) is 3.23. The Labute approximate surface area is 116 Å². The van der Waals surface area contributed by atoms with Crippen molar-refractivity contribution in [3.05, 3.63) is 33.8 Å². The summed E-state index contributed by atoms with van der Waals surface area (Å²) in [7, 11) is 0. The minimum Gasteiger partial charge on any atom is -0.394 e. The minimum atomic E-state index is -0.0350. The van der Waals surface area contributed by atoms with Crippen molar-refractivity contribution in [1.29, 1.82) is 0 Å². The largest absolute Gasteiger partial charge is 0.394 e. The van der Waals surface area contributed by atoms with Crippen molar-refractivity contribution in [2.24, 2.45) is 0 Å². The van der Waals surface area contributed by atoms with Gasteiger partial charge < -0.3 is 10.0 Å². The monoisotopic (exact) mass is 287 g/mol. The van der Waals surface area contributed by atoms with Crippen LogP contribution >= 0.6 is 23.2 Å². The summed E-state index contributed by atoms with van der Waals surface area (Å²) in [5.41, 5.74) is 1.00. The topological polar surface area (TPSA) is 40.5 Å². The van der Waals surface area contributed by atoms with Crippen molar-refractivity contribution in [2.75, 3.05) is 13.2 Å². The Hall–Kier alpha value is -0.770. The van der Waals surface area contributed by atoms with Gasteiger partial charge in [-0.1, -0.05) is 23.2 Å². The lowest BCUT2D eigenvalue weighted by Gasteiger charge is -2.23. The highest BCUT2D eigenvalue weighted by molar-refractivity contribution is 6.34. The second-order valence-corrected chi connectivity index (χ2v) is 5.36. The molecule has 1 atom stereocenters. The molecule has 2 rings (SSSR count). The number of benzene rings is 1. The number of carbonyl (C=O) groups excluding carboxylic acids is 1. The summed E-state index contributed by atoms with van der Waals surface area (Å²) >= 11 is 11.9. The van der Waals surface area contributed by atoms with Gasteiger partial charge in [-0.25, -0.2) is 0 Å². The first-order valence-corrected chi connectivity index (χ1v) is 6.71. The average Bonchev–Trinajstić information content (AvgIpc) is 2.66. The molecule has 0 radical (unpaired) electrons. The lowest BCUT2D eigenvalue weighted by molar-refractivity contribution is -0.129. The Morgan fingerprint density at radius 1 is 1.28 bits per heavy atom. The fraction of sp³-hybridized carbons (Fsp3) is 0.462. The van der Waals surface area contributed by atoms with Crippen LogP contribution in [-0.4, -0.2) is 35.1 Å². The van der Waals surface area contributed by atoms with E-state index in [1.165, 1.54) is 0 Å². The van der Waals surface area contributed by atoms with Gasteiger partial charge in [-0.3, -0.25) is 4.79 Å². The third-order valence-corrected chi connectivity index (χ3v) is 3.66. The van der Waals surface area contributed by atoms with Gasteiger partial charge in [0.25, 0.3) is 0 Å². The molecule has 1 aromatic rings. The van der Waals surface area contributed by atoms with Crippen molar-refractivity contribution in [2.45, 2.75) is 25.3 Å². The van der Waals surface area contributed by atoms with E-state index in [1.54, 1.807) is 11.0 Å². The van der Waals surface area contributed by atoms with Gasteiger partial charge in [0.1, 0.15) is 0 Å². The van der Waals surface area contributed by atoms with Gasteiger partial charge in [-0.2, -0.15) is 0 Å². The molecule has 0 bridgehead atoms. The van der Waals surface area contributed by atoms with Crippen molar-refractivity contribution in [3.63, 3.8) is 0 Å². The van der Waals surface area contributed by atoms with E-state index >= 15 is 0 Å². The number of hydrogen-bond acceptors (Lipinski definition) is 2. The van der Waals surface area contributed by atoms with Crippen LogP contribution in [0.1, 0.15) is 18.4 Å². The Balaban J connectivity index is 2.00. The molecule has 5 heteroatoms. The lowest BCUT2D eigenvalue weighted by Crippen LogP contribution is -2.36. The Morgan fingerprint density at radius 2 is 1.94 bits per heavy atom. The number of likely N-dealkylation sites (tertiary alicyclic amines) is 1. The summed E-state index contributed by atoms with van der Waals surface area (Å²) in [4.78, 5) is 13.4. The number of rotatable bonds is 4. The van der Waals surface area contributed by atoms with Crippen molar-refractivity contribution in [3.8, 4) is 0 Å². The molecule has 1 aliphatic rings. The molecule has 0 aromatic heterocycles. The number of nitrogens with zero attached hydrogens (tertiary/aromatic N) is 1. The first kappa shape index (κ1) is 13.7. The lowest BCUT2D eigenvalue weighted by atomic mass is 10.1. The molecular weight excluding hydrogens is 273 g/mol. The molecule has 0 aliphatic carbocycles. The molecule has 0 saturated carbocycles. The van der Waals surface area contributed by atoms with Gasteiger partial charge in [-0.05, 0) is 36.6 Å². The molecular formula is C13H15Cl2NO2. The Morgan fingerprint density at radius 3 is 2.56 bits per heavy atom. The van der Waals surface area contributed by atoms with E-state index in [4.69, 9.17) is 23.2 Å². The molecule has 1 aromatic carbocycles. The predicted octanol–water partition coefficient (Wildman–Crippen LogP) is 2.52. The number of aliphatic hydroxyl groups is 1. The molecule has 1 amide bonds. The molecule has 3 nitrogen and oxygen atoms in total. The van der Waals surface area contributed by atoms with Crippen LogP contribution in [0.3, 0.4) is 0 Å². The van der Waals surface area contributed by atoms with Crippen LogP contribution in [0.15, 0.2) is 18.2 Å². The van der Waals surface area contributed by atoms with Gasteiger partial charge in [0.2, 0.25) is 5.91 Å². The fourth-order valence-corrected chi connectivity index (χ4v) is 2.87. The fourth-order valence-electron chi connectivity index (χ4n) is 2.30. The third kappa shape index (κ3) is 3.16. The SMILES string of the molecule is O=C1CCC(CO)N1CCc1cc(Cl)cc(Cl)c1. The van der Waals surface area contributed by atoms with E-state index in [-0.39, 0.29) is 18.6 Å².